The second kappa shape index (κ2) is 7.07. The standard InChI is InChI=1S/C14H22N2O/c1-4-5-15-6-7-16-14(17)13-9-11(2)8-12(3)10-13/h8-10,15H,4-7H2,1-3H3,(H,16,17). The highest BCUT2D eigenvalue weighted by Gasteiger charge is 2.05. The van der Waals surface area contributed by atoms with Crippen molar-refractivity contribution in [1.29, 1.82) is 0 Å². The quantitative estimate of drug-likeness (QED) is 0.739. The Morgan fingerprint density at radius 1 is 1.06 bits per heavy atom. The smallest absolute Gasteiger partial charge is 0.251 e. The third-order valence-electron chi connectivity index (χ3n) is 2.50. The van der Waals surface area contributed by atoms with Crippen LogP contribution < -0.4 is 10.6 Å². The average molecular weight is 234 g/mol. The van der Waals surface area contributed by atoms with Gasteiger partial charge in [-0.25, -0.2) is 0 Å². The van der Waals surface area contributed by atoms with Gasteiger partial charge in [-0.3, -0.25) is 4.79 Å². The van der Waals surface area contributed by atoms with Crippen LogP contribution in [0.1, 0.15) is 34.8 Å². The Morgan fingerprint density at radius 2 is 1.71 bits per heavy atom. The molecule has 1 aromatic carbocycles. The SMILES string of the molecule is CCCNCCNC(=O)c1cc(C)cc(C)c1. The lowest BCUT2D eigenvalue weighted by Gasteiger charge is -2.07. The topological polar surface area (TPSA) is 41.1 Å². The molecule has 0 aliphatic carbocycles. The number of hydrogen-bond acceptors (Lipinski definition) is 2. The predicted octanol–water partition coefficient (Wildman–Crippen LogP) is 2.03. The molecule has 0 saturated heterocycles. The number of carbonyl (C=O) groups excluding carboxylic acids is 1. The Balaban J connectivity index is 2.41. The second-order valence-corrected chi connectivity index (χ2v) is 4.38. The van der Waals surface area contributed by atoms with Gasteiger partial charge in [-0.05, 0) is 38.9 Å². The Morgan fingerprint density at radius 3 is 2.29 bits per heavy atom. The monoisotopic (exact) mass is 234 g/mol. The van der Waals surface area contributed by atoms with Crippen LogP contribution in [0.25, 0.3) is 0 Å². The van der Waals surface area contributed by atoms with Gasteiger partial charge in [0.05, 0.1) is 0 Å². The maximum absolute atomic E-state index is 11.8. The zero-order valence-electron chi connectivity index (χ0n) is 11.0. The maximum atomic E-state index is 11.8. The molecule has 0 aliphatic rings. The van der Waals surface area contributed by atoms with Crippen LogP contribution >= 0.6 is 0 Å². The van der Waals surface area contributed by atoms with E-state index in [1.807, 2.05) is 26.0 Å². The molecule has 1 rings (SSSR count). The minimum Gasteiger partial charge on any atom is -0.351 e. The number of hydrogen-bond donors (Lipinski definition) is 2. The normalized spacial score (nSPS) is 10.3. The van der Waals surface area contributed by atoms with E-state index in [9.17, 15) is 4.79 Å². The van der Waals surface area contributed by atoms with Crippen molar-refractivity contribution >= 4 is 5.91 Å². The summed E-state index contributed by atoms with van der Waals surface area (Å²) < 4.78 is 0. The summed E-state index contributed by atoms with van der Waals surface area (Å²) in [6, 6.07) is 5.91. The fourth-order valence-corrected chi connectivity index (χ4v) is 1.77. The van der Waals surface area contributed by atoms with Crippen molar-refractivity contribution in [1.82, 2.24) is 10.6 Å². The Kier molecular flexibility index (Phi) is 5.70. The van der Waals surface area contributed by atoms with Gasteiger partial charge in [-0.2, -0.15) is 0 Å². The summed E-state index contributed by atoms with van der Waals surface area (Å²) in [5, 5.41) is 6.16. The summed E-state index contributed by atoms with van der Waals surface area (Å²) in [7, 11) is 0. The molecule has 0 aliphatic heterocycles. The van der Waals surface area contributed by atoms with Crippen LogP contribution in [-0.4, -0.2) is 25.5 Å². The molecule has 1 amide bonds. The maximum Gasteiger partial charge on any atom is 0.251 e. The van der Waals surface area contributed by atoms with E-state index in [0.29, 0.717) is 6.54 Å². The van der Waals surface area contributed by atoms with E-state index >= 15 is 0 Å². The molecule has 0 spiro atoms. The van der Waals surface area contributed by atoms with Crippen molar-refractivity contribution in [2.24, 2.45) is 0 Å². The molecule has 2 N–H and O–H groups in total. The van der Waals surface area contributed by atoms with Crippen LogP contribution in [0, 0.1) is 13.8 Å². The first-order valence-electron chi connectivity index (χ1n) is 6.20. The van der Waals surface area contributed by atoms with Crippen LogP contribution in [0.15, 0.2) is 18.2 Å². The summed E-state index contributed by atoms with van der Waals surface area (Å²) in [4.78, 5) is 11.8. The Bertz CT molecular complexity index is 354. The fourth-order valence-electron chi connectivity index (χ4n) is 1.77. The molecule has 0 atom stereocenters. The van der Waals surface area contributed by atoms with E-state index in [1.54, 1.807) is 0 Å². The van der Waals surface area contributed by atoms with Gasteiger partial charge in [0, 0.05) is 18.7 Å². The lowest BCUT2D eigenvalue weighted by Crippen LogP contribution is -2.32. The van der Waals surface area contributed by atoms with Crippen LogP contribution in [-0.2, 0) is 0 Å². The highest BCUT2D eigenvalue weighted by atomic mass is 16.1. The zero-order chi connectivity index (χ0) is 12.7. The molecule has 0 aromatic heterocycles. The van der Waals surface area contributed by atoms with Crippen molar-refractivity contribution in [2.75, 3.05) is 19.6 Å². The fraction of sp³-hybridized carbons (Fsp3) is 0.500. The van der Waals surface area contributed by atoms with E-state index < -0.39 is 0 Å². The number of amides is 1. The molecule has 0 unspecified atom stereocenters. The van der Waals surface area contributed by atoms with E-state index in [4.69, 9.17) is 0 Å². The molecular weight excluding hydrogens is 212 g/mol. The minimum atomic E-state index is 0.00935. The number of aryl methyl sites for hydroxylation is 2. The molecule has 0 heterocycles. The first-order chi connectivity index (χ1) is 8.13. The lowest BCUT2D eigenvalue weighted by atomic mass is 10.1. The lowest BCUT2D eigenvalue weighted by molar-refractivity contribution is 0.0954. The first-order valence-corrected chi connectivity index (χ1v) is 6.20. The minimum absolute atomic E-state index is 0.00935. The molecule has 94 valence electrons. The van der Waals surface area contributed by atoms with Crippen LogP contribution in [0.4, 0.5) is 0 Å². The third kappa shape index (κ3) is 5.00. The van der Waals surface area contributed by atoms with Crippen molar-refractivity contribution in [2.45, 2.75) is 27.2 Å². The van der Waals surface area contributed by atoms with Crippen molar-refractivity contribution in [3.8, 4) is 0 Å². The highest BCUT2D eigenvalue weighted by molar-refractivity contribution is 5.94. The van der Waals surface area contributed by atoms with Crippen molar-refractivity contribution in [3.63, 3.8) is 0 Å². The molecule has 0 saturated carbocycles. The summed E-state index contributed by atoms with van der Waals surface area (Å²) in [5.74, 6) is 0.00935. The van der Waals surface area contributed by atoms with Gasteiger partial charge >= 0.3 is 0 Å². The van der Waals surface area contributed by atoms with E-state index in [0.717, 1.165) is 36.2 Å². The van der Waals surface area contributed by atoms with Crippen LogP contribution in [0.2, 0.25) is 0 Å². The number of rotatable bonds is 6. The van der Waals surface area contributed by atoms with E-state index in [2.05, 4.69) is 23.6 Å². The molecule has 3 heteroatoms. The zero-order valence-corrected chi connectivity index (χ0v) is 11.0. The van der Waals surface area contributed by atoms with Crippen LogP contribution in [0.3, 0.4) is 0 Å². The van der Waals surface area contributed by atoms with Gasteiger partial charge in [-0.15, -0.1) is 0 Å². The molecule has 1 aromatic rings. The van der Waals surface area contributed by atoms with Gasteiger partial charge in [0.25, 0.3) is 5.91 Å². The van der Waals surface area contributed by atoms with Crippen molar-refractivity contribution in [3.05, 3.63) is 34.9 Å². The molecule has 0 radical (unpaired) electrons. The largest absolute Gasteiger partial charge is 0.351 e. The number of carbonyl (C=O) groups is 1. The van der Waals surface area contributed by atoms with Crippen molar-refractivity contribution < 1.29 is 4.79 Å². The van der Waals surface area contributed by atoms with Gasteiger partial charge in [0.2, 0.25) is 0 Å². The molecular formula is C14H22N2O. The van der Waals surface area contributed by atoms with Crippen LogP contribution in [0.5, 0.6) is 0 Å². The summed E-state index contributed by atoms with van der Waals surface area (Å²) in [6.07, 6.45) is 1.12. The second-order valence-electron chi connectivity index (χ2n) is 4.38. The predicted molar refractivity (Wildman–Crippen MR) is 71.4 cm³/mol. The first kappa shape index (κ1) is 13.7. The Labute approximate surface area is 104 Å². The van der Waals surface area contributed by atoms with Gasteiger partial charge in [0.1, 0.15) is 0 Å². The summed E-state index contributed by atoms with van der Waals surface area (Å²) >= 11 is 0. The van der Waals surface area contributed by atoms with E-state index in [-0.39, 0.29) is 5.91 Å². The molecule has 0 fully saturated rings. The Hall–Kier alpha value is -1.35. The van der Waals surface area contributed by atoms with Gasteiger partial charge < -0.3 is 10.6 Å². The molecule has 0 bridgehead atoms. The van der Waals surface area contributed by atoms with E-state index in [1.165, 1.54) is 0 Å². The van der Waals surface area contributed by atoms with Gasteiger partial charge in [-0.1, -0.05) is 24.1 Å². The molecule has 17 heavy (non-hydrogen) atoms. The third-order valence-corrected chi connectivity index (χ3v) is 2.50. The summed E-state index contributed by atoms with van der Waals surface area (Å²) in [5.41, 5.74) is 3.00. The average Bonchev–Trinajstić information content (AvgIpc) is 2.27. The molecule has 3 nitrogen and oxygen atoms in total. The summed E-state index contributed by atoms with van der Waals surface area (Å²) in [6.45, 7) is 8.63. The van der Waals surface area contributed by atoms with Gasteiger partial charge in [0.15, 0.2) is 0 Å². The number of benzene rings is 1. The highest BCUT2D eigenvalue weighted by Crippen LogP contribution is 2.08. The number of nitrogens with one attached hydrogen (secondary N) is 2.